The van der Waals surface area contributed by atoms with Gasteiger partial charge >= 0.3 is 0 Å². The van der Waals surface area contributed by atoms with Crippen molar-refractivity contribution in [3.05, 3.63) is 34.9 Å². The highest BCUT2D eigenvalue weighted by atomic mass is 32.2. The van der Waals surface area contributed by atoms with Crippen LogP contribution in [-0.4, -0.2) is 21.3 Å². The molecule has 0 radical (unpaired) electrons. The molecule has 3 atom stereocenters. The molecule has 0 aliphatic heterocycles. The smallest absolute Gasteiger partial charge is 0.264 e. The number of benzene rings is 1. The molecule has 1 aromatic carbocycles. The molecule has 0 amide bonds. The Kier molecular flexibility index (Phi) is 4.83. The van der Waals surface area contributed by atoms with E-state index in [2.05, 4.69) is 45.9 Å². The van der Waals surface area contributed by atoms with Gasteiger partial charge in [-0.05, 0) is 65.0 Å². The summed E-state index contributed by atoms with van der Waals surface area (Å²) >= 11 is 0. The quantitative estimate of drug-likeness (QED) is 0.721. The summed E-state index contributed by atoms with van der Waals surface area (Å²) in [5.41, 5.74) is 4.44. The highest BCUT2D eigenvalue weighted by Gasteiger charge is 2.52. The summed E-state index contributed by atoms with van der Waals surface area (Å²) in [6.45, 7) is 9.42. The normalized spacial score (nSPS) is 32.3. The Balaban J connectivity index is 1.95. The second kappa shape index (κ2) is 6.38. The molecule has 4 heteroatoms. The molecule has 2 aliphatic carbocycles. The molecule has 1 saturated carbocycles. The van der Waals surface area contributed by atoms with Gasteiger partial charge in [-0.3, -0.25) is 4.18 Å². The zero-order chi connectivity index (χ0) is 18.5. The summed E-state index contributed by atoms with van der Waals surface area (Å²) in [5, 5.41) is 0. The van der Waals surface area contributed by atoms with Crippen LogP contribution in [0.2, 0.25) is 0 Å². The summed E-state index contributed by atoms with van der Waals surface area (Å²) in [6.07, 6.45) is 6.71. The summed E-state index contributed by atoms with van der Waals surface area (Å²) in [7, 11) is -3.39. The maximum absolute atomic E-state index is 11.5. The average molecular weight is 365 g/mol. The van der Waals surface area contributed by atoms with Gasteiger partial charge in [0.05, 0.1) is 12.9 Å². The summed E-state index contributed by atoms with van der Waals surface area (Å²) < 4.78 is 28.3. The molecule has 0 heterocycles. The molecular formula is C21H32O3S. The van der Waals surface area contributed by atoms with E-state index in [0.29, 0.717) is 18.4 Å². The van der Waals surface area contributed by atoms with Crippen molar-refractivity contribution in [1.82, 2.24) is 0 Å². The average Bonchev–Trinajstić information content (AvgIpc) is 2.52. The van der Waals surface area contributed by atoms with Crippen LogP contribution in [0.15, 0.2) is 18.2 Å². The molecule has 0 aromatic heterocycles. The molecule has 3 nitrogen and oxygen atoms in total. The number of hydrogen-bond donors (Lipinski definition) is 0. The van der Waals surface area contributed by atoms with Crippen LogP contribution >= 0.6 is 0 Å². The first-order valence-corrected chi connectivity index (χ1v) is 11.3. The van der Waals surface area contributed by atoms with Crippen LogP contribution in [0.5, 0.6) is 0 Å². The Morgan fingerprint density at radius 2 is 1.96 bits per heavy atom. The zero-order valence-electron chi connectivity index (χ0n) is 16.3. The van der Waals surface area contributed by atoms with E-state index in [9.17, 15) is 8.42 Å². The van der Waals surface area contributed by atoms with E-state index in [-0.39, 0.29) is 10.8 Å². The molecule has 25 heavy (non-hydrogen) atoms. The maximum atomic E-state index is 11.5. The van der Waals surface area contributed by atoms with Gasteiger partial charge in [-0.1, -0.05) is 52.3 Å². The van der Waals surface area contributed by atoms with Crippen LogP contribution in [0.1, 0.15) is 76.0 Å². The van der Waals surface area contributed by atoms with E-state index >= 15 is 0 Å². The molecule has 0 bridgehead atoms. The monoisotopic (exact) mass is 364 g/mol. The van der Waals surface area contributed by atoms with Crippen molar-refractivity contribution in [3.63, 3.8) is 0 Å². The van der Waals surface area contributed by atoms with Crippen molar-refractivity contribution >= 4 is 10.1 Å². The Labute approximate surface area is 153 Å². The Morgan fingerprint density at radius 3 is 2.60 bits per heavy atom. The van der Waals surface area contributed by atoms with Crippen LogP contribution in [0.25, 0.3) is 0 Å². The Hall–Kier alpha value is -0.870. The van der Waals surface area contributed by atoms with Crippen LogP contribution < -0.4 is 0 Å². The number of aryl methyl sites for hydroxylation is 1. The molecule has 1 aromatic rings. The molecule has 0 saturated heterocycles. The van der Waals surface area contributed by atoms with Gasteiger partial charge in [-0.15, -0.1) is 0 Å². The first-order chi connectivity index (χ1) is 11.6. The minimum atomic E-state index is -3.39. The molecule has 2 aliphatic rings. The van der Waals surface area contributed by atoms with E-state index < -0.39 is 10.1 Å². The third kappa shape index (κ3) is 3.52. The molecular weight excluding hydrogens is 332 g/mol. The second-order valence-corrected chi connectivity index (χ2v) is 10.7. The van der Waals surface area contributed by atoms with Crippen molar-refractivity contribution in [3.8, 4) is 0 Å². The van der Waals surface area contributed by atoms with Crippen LogP contribution in [0.3, 0.4) is 0 Å². The lowest BCUT2D eigenvalue weighted by atomic mass is 9.50. The largest absolute Gasteiger partial charge is 0.270 e. The second-order valence-electron chi connectivity index (χ2n) is 9.05. The van der Waals surface area contributed by atoms with Crippen molar-refractivity contribution < 1.29 is 12.6 Å². The molecule has 140 valence electrons. The van der Waals surface area contributed by atoms with Gasteiger partial charge in [0.2, 0.25) is 0 Å². The number of fused-ring (bicyclic) bond motifs is 3. The molecule has 0 N–H and O–H groups in total. The lowest BCUT2D eigenvalue weighted by Crippen LogP contribution is -2.51. The summed E-state index contributed by atoms with van der Waals surface area (Å²) in [5.74, 6) is 1.02. The van der Waals surface area contributed by atoms with E-state index in [4.69, 9.17) is 4.18 Å². The minimum Gasteiger partial charge on any atom is -0.270 e. The molecule has 1 fully saturated rings. The lowest BCUT2D eigenvalue weighted by molar-refractivity contribution is -0.00816. The van der Waals surface area contributed by atoms with Crippen molar-refractivity contribution in [2.45, 2.75) is 71.1 Å². The van der Waals surface area contributed by atoms with E-state index in [1.54, 1.807) is 0 Å². The third-order valence-electron chi connectivity index (χ3n) is 6.77. The number of hydrogen-bond acceptors (Lipinski definition) is 3. The van der Waals surface area contributed by atoms with Gasteiger partial charge in [0, 0.05) is 0 Å². The summed E-state index contributed by atoms with van der Waals surface area (Å²) in [4.78, 5) is 0. The van der Waals surface area contributed by atoms with Crippen LogP contribution in [-0.2, 0) is 26.1 Å². The maximum Gasteiger partial charge on any atom is 0.264 e. The third-order valence-corrected chi connectivity index (χ3v) is 7.32. The Morgan fingerprint density at radius 1 is 1.24 bits per heavy atom. The van der Waals surface area contributed by atoms with Gasteiger partial charge in [-0.25, -0.2) is 0 Å². The first kappa shape index (κ1) is 18.9. The molecule has 0 spiro atoms. The van der Waals surface area contributed by atoms with E-state index in [1.807, 2.05) is 0 Å². The van der Waals surface area contributed by atoms with Crippen molar-refractivity contribution in [2.24, 2.45) is 11.3 Å². The highest BCUT2D eigenvalue weighted by Crippen LogP contribution is 2.57. The fourth-order valence-electron chi connectivity index (χ4n) is 5.42. The fraction of sp³-hybridized carbons (Fsp3) is 0.714. The number of rotatable bonds is 4. The van der Waals surface area contributed by atoms with Crippen LogP contribution in [0.4, 0.5) is 0 Å². The predicted molar refractivity (Wildman–Crippen MR) is 102 cm³/mol. The van der Waals surface area contributed by atoms with Gasteiger partial charge < -0.3 is 0 Å². The minimum absolute atomic E-state index is 0.0789. The van der Waals surface area contributed by atoms with Crippen molar-refractivity contribution in [2.75, 3.05) is 12.9 Å². The van der Waals surface area contributed by atoms with Gasteiger partial charge in [0.15, 0.2) is 0 Å². The topological polar surface area (TPSA) is 43.4 Å². The molecule has 3 rings (SSSR count). The van der Waals surface area contributed by atoms with E-state index in [1.165, 1.54) is 23.1 Å². The summed E-state index contributed by atoms with van der Waals surface area (Å²) in [6, 6.07) is 7.04. The molecule has 1 unspecified atom stereocenters. The Bertz CT molecular complexity index is 752. The first-order valence-electron chi connectivity index (χ1n) is 9.53. The standard InChI is InChI=1S/C21H32O3S/c1-15(2)16-7-9-18-17(13-16)8-10-19-20(3,14-24-25(5,22)23)11-6-12-21(18,19)4/h7,9,13,15,19H,6,8,10-12,14H2,1-5H3/t19?,20-,21-/m1/s1. The van der Waals surface area contributed by atoms with E-state index in [0.717, 1.165) is 31.9 Å². The van der Waals surface area contributed by atoms with Gasteiger partial charge in [0.1, 0.15) is 0 Å². The SMILES string of the molecule is CC(C)c1ccc2c(c1)CCC1[C@@](C)(COS(C)(=O)=O)CCC[C@]21C. The fourth-order valence-corrected chi connectivity index (χ4v) is 5.90. The van der Waals surface area contributed by atoms with Crippen molar-refractivity contribution in [1.29, 1.82) is 0 Å². The lowest BCUT2D eigenvalue weighted by Gasteiger charge is -2.55. The predicted octanol–water partition coefficient (Wildman–Crippen LogP) is 4.80. The highest BCUT2D eigenvalue weighted by molar-refractivity contribution is 7.85. The zero-order valence-corrected chi connectivity index (χ0v) is 17.1. The van der Waals surface area contributed by atoms with Gasteiger partial charge in [-0.2, -0.15) is 8.42 Å². The van der Waals surface area contributed by atoms with Crippen LogP contribution in [0, 0.1) is 11.3 Å². The van der Waals surface area contributed by atoms with Gasteiger partial charge in [0.25, 0.3) is 10.1 Å².